The fraction of sp³-hybridized carbons (Fsp3) is 0.439. The van der Waals surface area contributed by atoms with Gasteiger partial charge in [0.2, 0.25) is 29.5 Å². The lowest BCUT2D eigenvalue weighted by molar-refractivity contribution is -0.132. The molecule has 7 rings (SSSR count). The number of benzene rings is 3. The van der Waals surface area contributed by atoms with Crippen molar-refractivity contribution in [1.82, 2.24) is 46.3 Å². The highest BCUT2D eigenvalue weighted by Gasteiger charge is 2.32. The zero-order chi connectivity index (χ0) is 67.2. The van der Waals surface area contributed by atoms with Gasteiger partial charge in [-0.15, -0.1) is 0 Å². The zero-order valence-electron chi connectivity index (χ0n) is 52.9. The van der Waals surface area contributed by atoms with Crippen LogP contribution >= 0.6 is 0 Å². The van der Waals surface area contributed by atoms with E-state index in [4.69, 9.17) is 16.2 Å². The molecule has 0 saturated carbocycles. The number of nitrogens with two attached hydrogens (primary N) is 2. The van der Waals surface area contributed by atoms with Crippen molar-refractivity contribution in [3.8, 4) is 0 Å². The first-order valence-electron chi connectivity index (χ1n) is 31.3. The smallest absolute Gasteiger partial charge is 0.407 e. The number of aliphatic imine (C=N–C) groups is 1. The molecule has 3 aromatic carbocycles. The zero-order valence-corrected chi connectivity index (χ0v) is 52.9. The molecule has 93 heavy (non-hydrogen) atoms. The van der Waals surface area contributed by atoms with E-state index in [0.29, 0.717) is 104 Å². The first-order chi connectivity index (χ1) is 44.5. The summed E-state index contributed by atoms with van der Waals surface area (Å²) in [5, 5.41) is 27.7. The third kappa shape index (κ3) is 21.8. The molecule has 0 radical (unpaired) electrons. The topological polar surface area (TPSA) is 354 Å². The number of rotatable bonds is 32. The molecule has 0 spiro atoms. The maximum atomic E-state index is 15.0. The highest BCUT2D eigenvalue weighted by Crippen LogP contribution is 2.30. The number of carbonyl (C=O) groups excluding carboxylic acids is 9. The van der Waals surface area contributed by atoms with Crippen molar-refractivity contribution in [2.45, 2.75) is 136 Å². The van der Waals surface area contributed by atoms with Gasteiger partial charge in [0.15, 0.2) is 0 Å². The Morgan fingerprint density at radius 3 is 2.22 bits per heavy atom. The Kier molecular flexibility index (Phi) is 26.0. The van der Waals surface area contributed by atoms with Gasteiger partial charge in [-0.3, -0.25) is 43.4 Å². The molecule has 4 aromatic rings. The lowest BCUT2D eigenvalue weighted by Crippen LogP contribution is -2.54. The SMILES string of the molecule is CCCN(CCC)C(=O)C1=Cc2ccc(C(=O)Nc3cnc4c(c3)CN(Cc3ccc(C(=O)NCC(F)(F)CNC(=O)OCc5ccc(NC(=O)[C@H](CCCNC(N)=O)NC(=O)[C@@H](NC(=O)CCCCCN6C(=O)C=CC6O)C(C)C)cc5)cc3)CC4)cc2N=C(N)C1. The number of nitrogens with one attached hydrogen (secondary N) is 7. The van der Waals surface area contributed by atoms with E-state index >= 15 is 0 Å². The van der Waals surface area contributed by atoms with Crippen molar-refractivity contribution in [2.24, 2.45) is 22.4 Å². The average Bonchev–Trinajstić information content (AvgIpc) is 1.81. The van der Waals surface area contributed by atoms with Gasteiger partial charge in [-0.1, -0.05) is 64.4 Å². The largest absolute Gasteiger partial charge is 0.445 e. The molecule has 0 saturated heterocycles. The number of primary amides is 1. The van der Waals surface area contributed by atoms with E-state index in [2.05, 4.69) is 46.8 Å². The van der Waals surface area contributed by atoms with Crippen LogP contribution in [-0.4, -0.2) is 154 Å². The second kappa shape index (κ2) is 34.2. The van der Waals surface area contributed by atoms with Crippen LogP contribution in [0.3, 0.4) is 0 Å². The van der Waals surface area contributed by atoms with Gasteiger partial charge in [0.25, 0.3) is 17.7 Å². The summed E-state index contributed by atoms with van der Waals surface area (Å²) < 4.78 is 35.1. The number of ether oxygens (including phenoxy) is 1. The molecule has 3 aliphatic rings. The fourth-order valence-electron chi connectivity index (χ4n) is 10.6. The average molecular weight is 1290 g/mol. The van der Waals surface area contributed by atoms with Crippen LogP contribution in [0.5, 0.6) is 0 Å². The van der Waals surface area contributed by atoms with Crippen LogP contribution < -0.4 is 48.7 Å². The van der Waals surface area contributed by atoms with Crippen LogP contribution in [0.1, 0.15) is 134 Å². The summed E-state index contributed by atoms with van der Waals surface area (Å²) in [6.07, 6.45) is 8.55. The highest BCUT2D eigenvalue weighted by atomic mass is 19.3. The summed E-state index contributed by atoms with van der Waals surface area (Å²) in [7, 11) is 0. The number of amides is 10. The van der Waals surface area contributed by atoms with E-state index < -0.39 is 67.2 Å². The number of nitrogens with zero attached hydrogens (tertiary/aromatic N) is 5. The summed E-state index contributed by atoms with van der Waals surface area (Å²) in [5.74, 6) is -6.74. The van der Waals surface area contributed by atoms with E-state index in [1.807, 2.05) is 30.1 Å². The van der Waals surface area contributed by atoms with E-state index in [0.717, 1.165) is 29.7 Å². The molecule has 27 heteroatoms. The van der Waals surface area contributed by atoms with E-state index in [-0.39, 0.29) is 79.8 Å². The number of alkyl halides is 2. The molecule has 4 heterocycles. The van der Waals surface area contributed by atoms with Gasteiger partial charge in [0, 0.05) is 105 Å². The number of aliphatic hydroxyl groups excluding tert-OH is 1. The molecular weight excluding hydrogens is 1200 g/mol. The van der Waals surface area contributed by atoms with Gasteiger partial charge in [-0.25, -0.2) is 23.4 Å². The van der Waals surface area contributed by atoms with E-state index in [1.54, 1.807) is 56.5 Å². The molecule has 498 valence electrons. The first-order valence-corrected chi connectivity index (χ1v) is 31.3. The number of urea groups is 1. The summed E-state index contributed by atoms with van der Waals surface area (Å²) in [6, 6.07) is 16.7. The molecule has 12 N–H and O–H groups in total. The lowest BCUT2D eigenvalue weighted by atomic mass is 10.0. The van der Waals surface area contributed by atoms with E-state index in [1.165, 1.54) is 53.5 Å². The van der Waals surface area contributed by atoms with Crippen LogP contribution in [0.4, 0.5) is 35.4 Å². The second-order valence-electron chi connectivity index (χ2n) is 23.5. The van der Waals surface area contributed by atoms with Crippen LogP contribution in [0.2, 0.25) is 0 Å². The molecule has 0 bridgehead atoms. The lowest BCUT2D eigenvalue weighted by Gasteiger charge is -2.28. The van der Waals surface area contributed by atoms with Crippen molar-refractivity contribution in [3.63, 3.8) is 0 Å². The number of hydrogen-bond donors (Lipinski definition) is 10. The third-order valence-electron chi connectivity index (χ3n) is 15.6. The van der Waals surface area contributed by atoms with Gasteiger partial charge >= 0.3 is 12.1 Å². The van der Waals surface area contributed by atoms with Crippen molar-refractivity contribution in [3.05, 3.63) is 136 Å². The molecule has 3 atom stereocenters. The quantitative estimate of drug-likeness (QED) is 0.0255. The number of halogens is 2. The number of aromatic nitrogens is 1. The highest BCUT2D eigenvalue weighted by molar-refractivity contribution is 6.08. The van der Waals surface area contributed by atoms with Gasteiger partial charge in [-0.2, -0.15) is 0 Å². The van der Waals surface area contributed by atoms with Gasteiger partial charge in [0.05, 0.1) is 30.7 Å². The fourth-order valence-corrected chi connectivity index (χ4v) is 10.6. The molecule has 1 unspecified atom stereocenters. The van der Waals surface area contributed by atoms with Crippen molar-refractivity contribution >= 4 is 82.4 Å². The summed E-state index contributed by atoms with van der Waals surface area (Å²) in [5.41, 5.74) is 17.6. The molecule has 25 nitrogen and oxygen atoms in total. The molecule has 10 amide bonds. The maximum Gasteiger partial charge on any atom is 0.407 e. The maximum absolute atomic E-state index is 15.0. The molecule has 0 fully saturated rings. The van der Waals surface area contributed by atoms with Crippen molar-refractivity contribution in [2.75, 3.05) is 56.4 Å². The molecule has 3 aliphatic heterocycles. The Balaban J connectivity index is 0.815. The normalized spacial score (nSPS) is 15.1. The number of amidine groups is 1. The number of fused-ring (bicyclic) bond motifs is 2. The Morgan fingerprint density at radius 1 is 0.817 bits per heavy atom. The predicted molar refractivity (Wildman–Crippen MR) is 345 cm³/mol. The molecule has 0 aliphatic carbocycles. The van der Waals surface area contributed by atoms with Crippen molar-refractivity contribution < 1.29 is 61.8 Å². The number of alkyl carbamates (subject to hydrolysis) is 1. The Morgan fingerprint density at radius 2 is 1.53 bits per heavy atom. The Hall–Kier alpha value is -9.63. The van der Waals surface area contributed by atoms with Gasteiger partial charge in [0.1, 0.15) is 30.8 Å². The Labute approximate surface area is 539 Å². The monoisotopic (exact) mass is 1290 g/mol. The third-order valence-corrected chi connectivity index (χ3v) is 15.6. The van der Waals surface area contributed by atoms with Gasteiger partial charge in [-0.05, 0) is 116 Å². The number of aliphatic hydroxyl groups is 1. The molecule has 1 aromatic heterocycles. The summed E-state index contributed by atoms with van der Waals surface area (Å²) in [4.78, 5) is 130. The number of pyridine rings is 1. The number of anilines is 2. The minimum atomic E-state index is -3.56. The van der Waals surface area contributed by atoms with Crippen LogP contribution in [0, 0.1) is 5.92 Å². The van der Waals surface area contributed by atoms with Crippen LogP contribution in [0.25, 0.3) is 6.08 Å². The number of unbranched alkanes of at least 4 members (excludes halogenated alkanes) is 2. The second-order valence-corrected chi connectivity index (χ2v) is 23.5. The van der Waals surface area contributed by atoms with E-state index in [9.17, 15) is 57.0 Å². The molecular formula is C66H84F2N14O11. The van der Waals surface area contributed by atoms with Crippen LogP contribution in [-0.2, 0) is 54.8 Å². The predicted octanol–water partition coefficient (Wildman–Crippen LogP) is 5.90. The Bertz CT molecular complexity index is 3430. The van der Waals surface area contributed by atoms with Crippen LogP contribution in [0.15, 0.2) is 102 Å². The van der Waals surface area contributed by atoms with Gasteiger partial charge < -0.3 is 68.3 Å². The number of hydrogen-bond acceptors (Lipinski definition) is 15. The first kappa shape index (κ1) is 70.8. The minimum absolute atomic E-state index is 0.0738. The standard InChI is InChI=1S/C66H84F2N14O11/c1-5-27-81(28-6-2)63(90)47-31-45-19-20-46(33-53(45)77-54(69)34-47)60(87)76-50-32-48-37-80(30-25-51(48)72-35-50)36-42-13-17-44(18-14-42)59(86)73-39-66(67,68)40-74-65(92)93-38-43-15-21-49(22-16-43)75-61(88)52(11-10-26-71-64(70)91)78-62(89)58(41(3)4)79-55(83)12-8-7-9-29-82-56(84)23-24-57(82)85/h13-24,31-33,35,41,52,56,58,84H,5-12,25-30,34,36-40H2,1-4H3,(H2,69,77)(H,73,86)(H,74,92)(H,75,88)(H,76,87)(H,78,89)(H,79,83)(H3,70,71,91)/t52-,56?,58-/m0/s1. The summed E-state index contributed by atoms with van der Waals surface area (Å²) in [6.45, 7) is 8.41. The summed E-state index contributed by atoms with van der Waals surface area (Å²) >= 11 is 0. The minimum Gasteiger partial charge on any atom is -0.445 e. The number of carbonyl (C=O) groups is 9. The van der Waals surface area contributed by atoms with Crippen molar-refractivity contribution in [1.29, 1.82) is 0 Å².